The lowest BCUT2D eigenvalue weighted by Crippen LogP contribution is -2.53. The average Bonchev–Trinajstić information content (AvgIpc) is 2.46. The minimum Gasteiger partial charge on any atom is -0.353 e. The number of rotatable bonds is 5. The largest absolute Gasteiger partial charge is 0.353 e. The lowest BCUT2D eigenvalue weighted by atomic mass is 9.94. The third-order valence-electron chi connectivity index (χ3n) is 4.73. The van der Waals surface area contributed by atoms with Crippen LogP contribution in [-0.4, -0.2) is 37.5 Å². The van der Waals surface area contributed by atoms with Crippen LogP contribution in [0.3, 0.4) is 0 Å². The second-order valence-electron chi connectivity index (χ2n) is 6.05. The first kappa shape index (κ1) is 14.3. The van der Waals surface area contributed by atoms with Crippen LogP contribution in [0, 0.1) is 0 Å². The summed E-state index contributed by atoms with van der Waals surface area (Å²) in [7, 11) is 4.06. The van der Waals surface area contributed by atoms with Gasteiger partial charge in [-0.05, 0) is 32.7 Å². The van der Waals surface area contributed by atoms with Crippen molar-refractivity contribution in [1.29, 1.82) is 0 Å². The summed E-state index contributed by atoms with van der Waals surface area (Å²) in [6.45, 7) is 0. The Hall–Kier alpha value is -0.120. The van der Waals surface area contributed by atoms with Gasteiger partial charge >= 0.3 is 0 Å². The molecule has 2 aliphatic rings. The maximum atomic E-state index is 5.68. The Morgan fingerprint density at radius 2 is 1.50 bits per heavy atom. The van der Waals surface area contributed by atoms with Crippen molar-refractivity contribution < 1.29 is 4.74 Å². The first-order chi connectivity index (χ1) is 8.81. The Balaban J connectivity index is 1.81. The van der Waals surface area contributed by atoms with E-state index in [0.29, 0.717) is 12.1 Å². The zero-order chi connectivity index (χ0) is 12.8. The van der Waals surface area contributed by atoms with Gasteiger partial charge in [-0.2, -0.15) is 0 Å². The van der Waals surface area contributed by atoms with E-state index < -0.39 is 0 Å². The van der Waals surface area contributed by atoms with Gasteiger partial charge in [0, 0.05) is 19.2 Å². The van der Waals surface area contributed by atoms with Crippen molar-refractivity contribution in [1.82, 2.24) is 10.2 Å². The van der Waals surface area contributed by atoms with E-state index in [0.717, 1.165) is 0 Å². The first-order valence-electron chi connectivity index (χ1n) is 7.82. The van der Waals surface area contributed by atoms with Crippen LogP contribution in [0.15, 0.2) is 0 Å². The van der Waals surface area contributed by atoms with Gasteiger partial charge in [-0.15, -0.1) is 0 Å². The molecule has 0 aliphatic heterocycles. The fourth-order valence-electron chi connectivity index (χ4n) is 3.50. The summed E-state index contributed by atoms with van der Waals surface area (Å²) in [6.07, 6.45) is 13.8. The SMILES string of the molecule is COC(NC1CCCCC1)N(C)C1CCCCC1. The van der Waals surface area contributed by atoms with E-state index in [2.05, 4.69) is 17.3 Å². The highest BCUT2D eigenvalue weighted by atomic mass is 16.5. The molecule has 3 heteroatoms. The Bertz CT molecular complexity index is 223. The van der Waals surface area contributed by atoms with E-state index in [9.17, 15) is 0 Å². The fraction of sp³-hybridized carbons (Fsp3) is 1.00. The van der Waals surface area contributed by atoms with Crippen molar-refractivity contribution >= 4 is 0 Å². The smallest absolute Gasteiger partial charge is 0.165 e. The second kappa shape index (κ2) is 7.46. The van der Waals surface area contributed by atoms with Crippen molar-refractivity contribution in [3.05, 3.63) is 0 Å². The number of nitrogens with zero attached hydrogens (tertiary/aromatic N) is 1. The maximum absolute atomic E-state index is 5.68. The molecule has 2 aliphatic carbocycles. The third kappa shape index (κ3) is 3.94. The summed E-state index contributed by atoms with van der Waals surface area (Å²) in [6, 6.07) is 1.37. The quantitative estimate of drug-likeness (QED) is 0.763. The zero-order valence-corrected chi connectivity index (χ0v) is 12.2. The molecule has 2 rings (SSSR count). The number of hydrogen-bond acceptors (Lipinski definition) is 3. The van der Waals surface area contributed by atoms with Gasteiger partial charge in [-0.25, -0.2) is 0 Å². The second-order valence-corrected chi connectivity index (χ2v) is 6.05. The normalized spacial score (nSPS) is 25.5. The Labute approximate surface area is 112 Å². The molecule has 0 aromatic carbocycles. The predicted molar refractivity (Wildman–Crippen MR) is 75.4 cm³/mol. The Morgan fingerprint density at radius 1 is 0.944 bits per heavy atom. The first-order valence-corrected chi connectivity index (χ1v) is 7.82. The molecule has 3 nitrogen and oxygen atoms in total. The number of ether oxygens (including phenoxy) is 1. The van der Waals surface area contributed by atoms with Crippen molar-refractivity contribution in [2.75, 3.05) is 14.2 Å². The number of hydrogen-bond donors (Lipinski definition) is 1. The molecule has 0 radical (unpaired) electrons. The van der Waals surface area contributed by atoms with E-state index in [1.165, 1.54) is 64.2 Å². The van der Waals surface area contributed by atoms with Gasteiger partial charge in [0.25, 0.3) is 0 Å². The van der Waals surface area contributed by atoms with E-state index in [-0.39, 0.29) is 6.35 Å². The molecule has 1 N–H and O–H groups in total. The van der Waals surface area contributed by atoms with Crippen molar-refractivity contribution in [2.45, 2.75) is 82.6 Å². The number of nitrogens with one attached hydrogen (secondary N) is 1. The van der Waals surface area contributed by atoms with Gasteiger partial charge < -0.3 is 4.74 Å². The van der Waals surface area contributed by atoms with Gasteiger partial charge in [0.05, 0.1) is 0 Å². The van der Waals surface area contributed by atoms with E-state index in [1.54, 1.807) is 0 Å². The van der Waals surface area contributed by atoms with Gasteiger partial charge in [0.1, 0.15) is 0 Å². The van der Waals surface area contributed by atoms with Crippen LogP contribution in [0.2, 0.25) is 0 Å². The van der Waals surface area contributed by atoms with E-state index >= 15 is 0 Å². The van der Waals surface area contributed by atoms with Gasteiger partial charge in [-0.3, -0.25) is 10.2 Å². The van der Waals surface area contributed by atoms with E-state index in [1.807, 2.05) is 7.11 Å². The van der Waals surface area contributed by atoms with Crippen LogP contribution in [0.25, 0.3) is 0 Å². The minimum atomic E-state index is 0.108. The van der Waals surface area contributed by atoms with Crippen molar-refractivity contribution in [3.8, 4) is 0 Å². The van der Waals surface area contributed by atoms with Gasteiger partial charge in [0.2, 0.25) is 0 Å². The predicted octanol–water partition coefficient (Wildman–Crippen LogP) is 3.10. The molecule has 0 heterocycles. The molecule has 0 bridgehead atoms. The summed E-state index contributed by atoms with van der Waals surface area (Å²) in [5, 5.41) is 3.71. The highest BCUT2D eigenvalue weighted by Crippen LogP contribution is 2.24. The van der Waals surface area contributed by atoms with E-state index in [4.69, 9.17) is 4.74 Å². The average molecular weight is 254 g/mol. The molecule has 0 saturated heterocycles. The molecular weight excluding hydrogens is 224 g/mol. The van der Waals surface area contributed by atoms with Gasteiger partial charge in [-0.1, -0.05) is 38.5 Å². The highest BCUT2D eigenvalue weighted by Gasteiger charge is 2.26. The molecule has 18 heavy (non-hydrogen) atoms. The highest BCUT2D eigenvalue weighted by molar-refractivity contribution is 4.78. The number of methoxy groups -OCH3 is 1. The maximum Gasteiger partial charge on any atom is 0.165 e. The molecule has 1 atom stereocenters. The molecule has 1 unspecified atom stereocenters. The molecule has 0 spiro atoms. The zero-order valence-electron chi connectivity index (χ0n) is 12.2. The molecular formula is C15H30N2O. The topological polar surface area (TPSA) is 24.5 Å². The summed E-state index contributed by atoms with van der Waals surface area (Å²) < 4.78 is 5.68. The molecule has 2 saturated carbocycles. The molecule has 106 valence electrons. The molecule has 0 aromatic heterocycles. The van der Waals surface area contributed by atoms with Crippen LogP contribution in [0.5, 0.6) is 0 Å². The van der Waals surface area contributed by atoms with Crippen molar-refractivity contribution in [3.63, 3.8) is 0 Å². The summed E-state index contributed by atoms with van der Waals surface area (Å²) >= 11 is 0. The lowest BCUT2D eigenvalue weighted by Gasteiger charge is -2.38. The minimum absolute atomic E-state index is 0.108. The Kier molecular flexibility index (Phi) is 5.93. The summed E-state index contributed by atoms with van der Waals surface area (Å²) in [5.74, 6) is 0. The fourth-order valence-corrected chi connectivity index (χ4v) is 3.50. The third-order valence-corrected chi connectivity index (χ3v) is 4.73. The summed E-state index contributed by atoms with van der Waals surface area (Å²) in [5.41, 5.74) is 0. The molecule has 0 aromatic rings. The van der Waals surface area contributed by atoms with Gasteiger partial charge in [0.15, 0.2) is 6.35 Å². The summed E-state index contributed by atoms with van der Waals surface area (Å²) in [4.78, 5) is 2.42. The Morgan fingerprint density at radius 3 is 2.06 bits per heavy atom. The lowest BCUT2D eigenvalue weighted by molar-refractivity contribution is -0.0765. The van der Waals surface area contributed by atoms with Crippen LogP contribution >= 0.6 is 0 Å². The molecule has 0 amide bonds. The van der Waals surface area contributed by atoms with Crippen LogP contribution in [-0.2, 0) is 4.74 Å². The van der Waals surface area contributed by atoms with Crippen LogP contribution in [0.4, 0.5) is 0 Å². The van der Waals surface area contributed by atoms with Crippen LogP contribution in [0.1, 0.15) is 64.2 Å². The standard InChI is InChI=1S/C15H30N2O/c1-17(14-11-7-4-8-12-14)15(18-2)16-13-9-5-3-6-10-13/h13-16H,3-12H2,1-2H3. The molecule has 2 fully saturated rings. The monoisotopic (exact) mass is 254 g/mol. The van der Waals surface area contributed by atoms with Crippen LogP contribution < -0.4 is 5.32 Å². The van der Waals surface area contributed by atoms with Crippen molar-refractivity contribution in [2.24, 2.45) is 0 Å².